The minimum Gasteiger partial charge on any atom is -1.00 e. The molecule has 0 unspecified atom stereocenters. The minimum absolute atomic E-state index is 0. The molecular weight excluding hydrogens is 388 g/mol. The Kier molecular flexibility index (Phi) is 15.5. The van der Waals surface area contributed by atoms with E-state index in [-0.39, 0.29) is 17.0 Å². The Labute approximate surface area is 173 Å². The molecule has 0 N–H and O–H groups in total. The second-order valence-corrected chi connectivity index (χ2v) is 8.20. The van der Waals surface area contributed by atoms with Gasteiger partial charge in [-0.05, 0) is 12.5 Å². The maximum absolute atomic E-state index is 12.3. The van der Waals surface area contributed by atoms with Crippen LogP contribution in [0.5, 0.6) is 0 Å². The van der Waals surface area contributed by atoms with Gasteiger partial charge in [-0.25, -0.2) is 0 Å². The Morgan fingerprint density at radius 2 is 1.38 bits per heavy atom. The zero-order chi connectivity index (χ0) is 18.4. The molecular formula is C22H43BrN2O. The largest absolute Gasteiger partial charge is 1.00 e. The van der Waals surface area contributed by atoms with E-state index in [1.165, 1.54) is 64.2 Å². The van der Waals surface area contributed by atoms with Gasteiger partial charge in [-0.2, -0.15) is 0 Å². The molecule has 1 aliphatic rings. The SMILES string of the molecule is C=CC[N+]1(C)CCN(C(=O)CCCCCCCCCCCCC)CC1.[Br-]. The van der Waals surface area contributed by atoms with E-state index >= 15 is 0 Å². The van der Waals surface area contributed by atoms with Gasteiger partial charge in [-0.3, -0.25) is 4.79 Å². The van der Waals surface area contributed by atoms with Gasteiger partial charge in [-0.1, -0.05) is 77.7 Å². The number of hydrogen-bond acceptors (Lipinski definition) is 1. The third-order valence-electron chi connectivity index (χ3n) is 5.74. The second-order valence-electron chi connectivity index (χ2n) is 8.20. The molecule has 0 aromatic rings. The number of carbonyl (C=O) groups is 1. The molecule has 1 amide bonds. The summed E-state index contributed by atoms with van der Waals surface area (Å²) in [6.45, 7) is 11.1. The van der Waals surface area contributed by atoms with Crippen LogP contribution in [0.3, 0.4) is 0 Å². The molecule has 0 atom stereocenters. The lowest BCUT2D eigenvalue weighted by atomic mass is 10.0. The van der Waals surface area contributed by atoms with Crippen LogP contribution in [0.2, 0.25) is 0 Å². The molecule has 1 fully saturated rings. The fourth-order valence-corrected chi connectivity index (χ4v) is 3.79. The summed E-state index contributed by atoms with van der Waals surface area (Å²) >= 11 is 0. The number of piperazine rings is 1. The summed E-state index contributed by atoms with van der Waals surface area (Å²) in [7, 11) is 2.27. The Morgan fingerprint density at radius 1 is 0.923 bits per heavy atom. The van der Waals surface area contributed by atoms with Gasteiger partial charge in [0.1, 0.15) is 0 Å². The van der Waals surface area contributed by atoms with Crippen LogP contribution < -0.4 is 17.0 Å². The van der Waals surface area contributed by atoms with Gasteiger partial charge in [0, 0.05) is 6.42 Å². The summed E-state index contributed by atoms with van der Waals surface area (Å²) in [6.07, 6.45) is 17.5. The van der Waals surface area contributed by atoms with Crippen molar-refractivity contribution in [1.82, 2.24) is 4.90 Å². The highest BCUT2D eigenvalue weighted by Gasteiger charge is 2.29. The number of hydrogen-bond donors (Lipinski definition) is 0. The van der Waals surface area contributed by atoms with Crippen LogP contribution in [-0.2, 0) is 4.79 Å². The van der Waals surface area contributed by atoms with E-state index in [9.17, 15) is 4.79 Å². The maximum atomic E-state index is 12.3. The van der Waals surface area contributed by atoms with Gasteiger partial charge < -0.3 is 26.4 Å². The molecule has 0 aliphatic carbocycles. The van der Waals surface area contributed by atoms with Gasteiger partial charge in [0.05, 0.1) is 39.8 Å². The lowest BCUT2D eigenvalue weighted by Gasteiger charge is -2.41. The maximum Gasteiger partial charge on any atom is 0.222 e. The minimum atomic E-state index is 0. The van der Waals surface area contributed by atoms with Crippen molar-refractivity contribution in [2.45, 2.75) is 84.0 Å². The van der Waals surface area contributed by atoms with Gasteiger partial charge >= 0.3 is 0 Å². The van der Waals surface area contributed by atoms with Crippen molar-refractivity contribution in [3.63, 3.8) is 0 Å². The van der Waals surface area contributed by atoms with Gasteiger partial charge in [0.25, 0.3) is 0 Å². The van der Waals surface area contributed by atoms with Crippen molar-refractivity contribution in [1.29, 1.82) is 0 Å². The Morgan fingerprint density at radius 3 is 1.85 bits per heavy atom. The predicted molar refractivity (Wildman–Crippen MR) is 109 cm³/mol. The molecule has 1 aliphatic heterocycles. The van der Waals surface area contributed by atoms with Crippen molar-refractivity contribution >= 4 is 5.91 Å². The smallest absolute Gasteiger partial charge is 0.222 e. The predicted octanol–water partition coefficient (Wildman–Crippen LogP) is 2.17. The second kappa shape index (κ2) is 15.7. The number of nitrogens with zero attached hydrogens (tertiary/aromatic N) is 2. The third kappa shape index (κ3) is 11.4. The first-order chi connectivity index (χ1) is 12.1. The van der Waals surface area contributed by atoms with E-state index in [0.717, 1.165) is 50.0 Å². The van der Waals surface area contributed by atoms with Crippen LogP contribution in [-0.4, -0.2) is 55.1 Å². The zero-order valence-corrected chi connectivity index (χ0v) is 19.1. The van der Waals surface area contributed by atoms with E-state index in [0.29, 0.717) is 5.91 Å². The highest BCUT2D eigenvalue weighted by molar-refractivity contribution is 5.76. The monoisotopic (exact) mass is 430 g/mol. The third-order valence-corrected chi connectivity index (χ3v) is 5.74. The summed E-state index contributed by atoms with van der Waals surface area (Å²) < 4.78 is 1.03. The lowest BCUT2D eigenvalue weighted by molar-refractivity contribution is -0.907. The number of quaternary nitrogens is 1. The van der Waals surface area contributed by atoms with Gasteiger partial charge in [0.2, 0.25) is 5.91 Å². The highest BCUT2D eigenvalue weighted by Crippen LogP contribution is 2.14. The molecule has 0 bridgehead atoms. The average Bonchev–Trinajstić information content (AvgIpc) is 2.60. The van der Waals surface area contributed by atoms with Crippen LogP contribution in [0.15, 0.2) is 12.7 Å². The number of likely N-dealkylation sites (N-methyl/N-ethyl adjacent to an activating group) is 1. The number of amides is 1. The first kappa shape index (κ1) is 25.6. The van der Waals surface area contributed by atoms with Crippen molar-refractivity contribution in [3.05, 3.63) is 12.7 Å². The van der Waals surface area contributed by atoms with Gasteiger partial charge in [0.15, 0.2) is 0 Å². The summed E-state index contributed by atoms with van der Waals surface area (Å²) in [5.74, 6) is 0.376. The molecule has 0 aromatic carbocycles. The lowest BCUT2D eigenvalue weighted by Crippen LogP contribution is -3.00. The fourth-order valence-electron chi connectivity index (χ4n) is 3.79. The van der Waals surface area contributed by atoms with Crippen molar-refractivity contribution in [2.24, 2.45) is 0 Å². The molecule has 1 saturated heterocycles. The average molecular weight is 432 g/mol. The van der Waals surface area contributed by atoms with Crippen LogP contribution >= 0.6 is 0 Å². The van der Waals surface area contributed by atoms with Gasteiger partial charge in [-0.15, -0.1) is 0 Å². The van der Waals surface area contributed by atoms with Crippen molar-refractivity contribution in [3.8, 4) is 0 Å². The van der Waals surface area contributed by atoms with Crippen molar-refractivity contribution in [2.75, 3.05) is 39.8 Å². The first-order valence-electron chi connectivity index (χ1n) is 10.8. The van der Waals surface area contributed by atoms with Crippen molar-refractivity contribution < 1.29 is 26.3 Å². The topological polar surface area (TPSA) is 20.3 Å². The molecule has 0 radical (unpaired) electrons. The molecule has 1 rings (SSSR count). The molecule has 4 heteroatoms. The molecule has 3 nitrogen and oxygen atoms in total. The zero-order valence-electron chi connectivity index (χ0n) is 17.5. The van der Waals surface area contributed by atoms with Crippen LogP contribution in [0.4, 0.5) is 0 Å². The Hall–Kier alpha value is -0.350. The normalized spacial score (nSPS) is 16.2. The molecule has 0 saturated carbocycles. The standard InChI is InChI=1S/C22H43N2O.BrH/c1-4-6-7-8-9-10-11-12-13-14-15-16-22(25)23-17-20-24(3,19-5-2)21-18-23;/h5H,2,4,6-21H2,1,3H3;1H/q+1;/p-1. The van der Waals surface area contributed by atoms with Crippen LogP contribution in [0, 0.1) is 0 Å². The number of unbranched alkanes of at least 4 members (excludes halogenated alkanes) is 10. The molecule has 0 aromatic heterocycles. The summed E-state index contributed by atoms with van der Waals surface area (Å²) in [6, 6.07) is 0. The highest BCUT2D eigenvalue weighted by atomic mass is 79.9. The Bertz CT molecular complexity index is 365. The number of halogens is 1. The molecule has 26 heavy (non-hydrogen) atoms. The van der Waals surface area contributed by atoms with E-state index in [2.05, 4.69) is 25.5 Å². The van der Waals surface area contributed by atoms with Crippen LogP contribution in [0.25, 0.3) is 0 Å². The van der Waals surface area contributed by atoms with E-state index in [1.54, 1.807) is 0 Å². The number of carbonyl (C=O) groups excluding carboxylic acids is 1. The van der Waals surface area contributed by atoms with Crippen LogP contribution in [0.1, 0.15) is 84.0 Å². The molecule has 1 heterocycles. The summed E-state index contributed by atoms with van der Waals surface area (Å²) in [5.41, 5.74) is 0. The Balaban J connectivity index is 0.00000625. The first-order valence-corrected chi connectivity index (χ1v) is 10.8. The van der Waals surface area contributed by atoms with E-state index in [4.69, 9.17) is 0 Å². The molecule has 154 valence electrons. The molecule has 0 spiro atoms. The van der Waals surface area contributed by atoms with E-state index < -0.39 is 0 Å². The van der Waals surface area contributed by atoms with E-state index in [1.807, 2.05) is 6.08 Å². The summed E-state index contributed by atoms with van der Waals surface area (Å²) in [4.78, 5) is 14.4. The fraction of sp³-hybridized carbons (Fsp3) is 0.864. The number of rotatable bonds is 14. The quantitative estimate of drug-likeness (QED) is 0.235. The summed E-state index contributed by atoms with van der Waals surface area (Å²) in [5, 5.41) is 0.